The second-order valence-corrected chi connectivity index (χ2v) is 19.0. The molecule has 10 rings (SSSR count). The number of carbonyl (C=O) groups is 3. The van der Waals surface area contributed by atoms with Crippen molar-refractivity contribution in [3.63, 3.8) is 0 Å². The predicted molar refractivity (Wildman–Crippen MR) is 237 cm³/mol. The summed E-state index contributed by atoms with van der Waals surface area (Å²) in [7, 11) is 2.64. The van der Waals surface area contributed by atoms with E-state index in [1.807, 2.05) is 50.9 Å². The molecule has 63 heavy (non-hydrogen) atoms. The van der Waals surface area contributed by atoms with Gasteiger partial charge in [-0.05, 0) is 109 Å². The van der Waals surface area contributed by atoms with E-state index < -0.39 is 30.5 Å². The van der Waals surface area contributed by atoms with Gasteiger partial charge in [0.15, 0.2) is 0 Å². The number of nitrogens with zero attached hydrogens (tertiary/aromatic N) is 4. The number of imidazole rings is 2. The fourth-order valence-electron chi connectivity index (χ4n) is 10.8. The highest BCUT2D eigenvalue weighted by Crippen LogP contribution is 2.58. The Bertz CT molecular complexity index is 2730. The van der Waals surface area contributed by atoms with Crippen LogP contribution in [0.3, 0.4) is 0 Å². The molecule has 2 aliphatic carbocycles. The first-order valence-corrected chi connectivity index (χ1v) is 22.3. The van der Waals surface area contributed by atoms with Crippen LogP contribution < -0.4 is 10.6 Å². The van der Waals surface area contributed by atoms with Crippen LogP contribution in [0.4, 0.5) is 9.59 Å². The monoisotopic (exact) mass is 856 g/mol. The standard InChI is InChI=1S/C48H56N8O7/c1-24(2)39(53-46(59)61-5)44(57)55-23-48(15-16-48)21-36(55)42-49-22-35(52-42)28-9-13-32-31-12-8-27(19-37(31)63-38(32)20-28)26-10-14-33-34(18-26)51-43(50-33)41-29-7-11-30(17-29)56(41)45(58)40(25(3)4)54-47(60)62-6/h8-10,12-14,18-20,22,24-25,29-30,36,39-41,45,58H,7,11,15-17,21,23H2,1-6H3,(H,49,52)(H,50,51)(H,53,59)(H,54,60)/t29-,30+,36-,39-,40-,41-,45?/m0/s1. The number of rotatable bonds is 11. The van der Waals surface area contributed by atoms with E-state index >= 15 is 0 Å². The molecule has 2 bridgehead atoms. The Morgan fingerprint density at radius 2 is 1.54 bits per heavy atom. The normalized spacial score (nSPS) is 23.0. The van der Waals surface area contributed by atoms with E-state index in [2.05, 4.69) is 68.0 Å². The molecule has 15 heteroatoms. The zero-order chi connectivity index (χ0) is 43.9. The number of H-pyrrole nitrogens is 2. The summed E-state index contributed by atoms with van der Waals surface area (Å²) in [5, 5.41) is 19.4. The molecule has 5 N–H and O–H groups in total. The summed E-state index contributed by atoms with van der Waals surface area (Å²) in [6.45, 7) is 8.47. The minimum atomic E-state index is -0.895. The van der Waals surface area contributed by atoms with Gasteiger partial charge in [-0.15, -0.1) is 0 Å². The van der Waals surface area contributed by atoms with Crippen LogP contribution in [-0.4, -0.2) is 98.1 Å². The summed E-state index contributed by atoms with van der Waals surface area (Å²) in [5.74, 6) is 1.66. The number of furan rings is 1. The maximum absolute atomic E-state index is 14.0. The average Bonchev–Trinajstić information content (AvgIpc) is 3.97. The second-order valence-electron chi connectivity index (χ2n) is 19.0. The Labute approximate surface area is 365 Å². The maximum atomic E-state index is 14.0. The Morgan fingerprint density at radius 1 is 0.857 bits per heavy atom. The van der Waals surface area contributed by atoms with Crippen molar-refractivity contribution >= 4 is 51.1 Å². The van der Waals surface area contributed by atoms with E-state index in [1.165, 1.54) is 14.2 Å². The van der Waals surface area contributed by atoms with Gasteiger partial charge >= 0.3 is 12.2 Å². The highest BCUT2D eigenvalue weighted by atomic mass is 16.5. The van der Waals surface area contributed by atoms with E-state index in [9.17, 15) is 19.5 Å². The van der Waals surface area contributed by atoms with Gasteiger partial charge in [-0.25, -0.2) is 19.6 Å². The number of piperidine rings is 1. The smallest absolute Gasteiger partial charge is 0.407 e. The summed E-state index contributed by atoms with van der Waals surface area (Å²) in [5.41, 5.74) is 7.18. The predicted octanol–water partition coefficient (Wildman–Crippen LogP) is 8.18. The molecule has 2 saturated heterocycles. The fraction of sp³-hybridized carbons (Fsp3) is 0.479. The molecule has 0 radical (unpaired) electrons. The molecule has 4 fully saturated rings. The number of aromatic amines is 2. The molecular weight excluding hydrogens is 801 g/mol. The molecule has 4 aliphatic rings. The SMILES string of the molecule is COC(=O)N[C@@H](C(C)C)C(O)N1[C@@H]2CC[C@@H](C2)[C@H]1c1nc2ccc(-c3ccc4c(c3)oc3cc(-c5cnc([C@@H]6CC7(CC7)CN6C(=O)[C@@H](NC(=O)OC)C(C)C)[nH]5)ccc34)cc2[nH]1. The summed E-state index contributed by atoms with van der Waals surface area (Å²) in [6, 6.07) is 17.4. The largest absolute Gasteiger partial charge is 0.456 e. The number of aliphatic hydroxyl groups excluding tert-OH is 1. The lowest BCUT2D eigenvalue weighted by atomic mass is 9.95. The van der Waals surface area contributed by atoms with Crippen molar-refractivity contribution in [2.24, 2.45) is 23.2 Å². The summed E-state index contributed by atoms with van der Waals surface area (Å²) in [4.78, 5) is 59.4. The van der Waals surface area contributed by atoms with Crippen molar-refractivity contribution in [1.29, 1.82) is 0 Å². The lowest BCUT2D eigenvalue weighted by Crippen LogP contribution is -2.56. The number of aliphatic hydroxyl groups is 1. The number of methoxy groups -OCH3 is 2. The molecule has 3 aromatic heterocycles. The van der Waals surface area contributed by atoms with Gasteiger partial charge in [-0.3, -0.25) is 9.69 Å². The lowest BCUT2D eigenvalue weighted by Gasteiger charge is -2.41. The maximum Gasteiger partial charge on any atom is 0.407 e. The Hall–Kier alpha value is -5.93. The van der Waals surface area contributed by atoms with Crippen molar-refractivity contribution in [2.75, 3.05) is 20.8 Å². The summed E-state index contributed by atoms with van der Waals surface area (Å²) >= 11 is 0. The van der Waals surface area contributed by atoms with E-state index in [1.54, 1.807) is 0 Å². The number of hydrogen-bond donors (Lipinski definition) is 5. The van der Waals surface area contributed by atoms with Crippen LogP contribution in [0.15, 0.2) is 65.2 Å². The van der Waals surface area contributed by atoms with Gasteiger partial charge < -0.3 is 44.5 Å². The minimum Gasteiger partial charge on any atom is -0.456 e. The van der Waals surface area contributed by atoms with E-state index in [0.29, 0.717) is 12.5 Å². The van der Waals surface area contributed by atoms with Gasteiger partial charge in [0, 0.05) is 28.9 Å². The van der Waals surface area contributed by atoms with Crippen LogP contribution in [0.25, 0.3) is 55.4 Å². The first kappa shape index (κ1) is 41.1. The molecule has 6 aromatic rings. The van der Waals surface area contributed by atoms with Crippen LogP contribution in [0, 0.1) is 23.2 Å². The average molecular weight is 857 g/mol. The Kier molecular flexibility index (Phi) is 10.2. The molecule has 330 valence electrons. The number of nitrogens with one attached hydrogen (secondary N) is 4. The van der Waals surface area contributed by atoms with E-state index in [0.717, 1.165) is 106 Å². The quantitative estimate of drug-likeness (QED) is 0.0850. The summed E-state index contributed by atoms with van der Waals surface area (Å²) in [6.07, 6.45) is 5.79. The number of benzene rings is 3. The first-order chi connectivity index (χ1) is 30.3. The van der Waals surface area contributed by atoms with Gasteiger partial charge in [0.2, 0.25) is 5.91 Å². The molecule has 15 nitrogen and oxygen atoms in total. The highest BCUT2D eigenvalue weighted by Gasteiger charge is 2.55. The molecular formula is C48H56N8O7. The number of fused-ring (bicyclic) bond motifs is 6. The first-order valence-electron chi connectivity index (χ1n) is 22.3. The molecule has 1 spiro atoms. The Balaban J connectivity index is 0.894. The minimum absolute atomic E-state index is 0.0145. The van der Waals surface area contributed by atoms with Gasteiger partial charge in [-0.2, -0.15) is 0 Å². The Morgan fingerprint density at radius 3 is 2.24 bits per heavy atom. The number of carbonyl (C=O) groups excluding carboxylic acids is 3. The van der Waals surface area contributed by atoms with Crippen molar-refractivity contribution in [3.05, 3.63) is 72.4 Å². The zero-order valence-electron chi connectivity index (χ0n) is 36.6. The van der Waals surface area contributed by atoms with Crippen molar-refractivity contribution < 1.29 is 33.4 Å². The van der Waals surface area contributed by atoms with Crippen LogP contribution >= 0.6 is 0 Å². The highest BCUT2D eigenvalue weighted by molar-refractivity contribution is 6.07. The third-order valence-electron chi connectivity index (χ3n) is 14.4. The number of alkyl carbamates (subject to hydrolysis) is 2. The van der Waals surface area contributed by atoms with Crippen molar-refractivity contribution in [1.82, 2.24) is 40.4 Å². The topological polar surface area (TPSA) is 191 Å². The second kappa shape index (κ2) is 15.7. The van der Waals surface area contributed by atoms with Crippen LogP contribution in [-0.2, 0) is 14.3 Å². The van der Waals surface area contributed by atoms with Gasteiger partial charge in [-0.1, -0.05) is 45.9 Å². The number of aromatic nitrogens is 4. The third kappa shape index (κ3) is 7.28. The molecule has 7 atom stereocenters. The third-order valence-corrected chi connectivity index (χ3v) is 14.4. The molecule has 1 unspecified atom stereocenters. The number of likely N-dealkylation sites (tertiary alicyclic amines) is 2. The van der Waals surface area contributed by atoms with Crippen LogP contribution in [0.2, 0.25) is 0 Å². The molecule has 3 amide bonds. The van der Waals surface area contributed by atoms with Gasteiger partial charge in [0.05, 0.1) is 55.3 Å². The van der Waals surface area contributed by atoms with Crippen molar-refractivity contribution in [2.45, 2.75) is 103 Å². The van der Waals surface area contributed by atoms with Crippen LogP contribution in [0.5, 0.6) is 0 Å². The lowest BCUT2D eigenvalue weighted by molar-refractivity contribution is -0.135. The van der Waals surface area contributed by atoms with Crippen LogP contribution in [0.1, 0.15) is 90.0 Å². The van der Waals surface area contributed by atoms with Gasteiger partial charge in [0.25, 0.3) is 0 Å². The number of ether oxygens (including phenoxy) is 2. The number of hydrogen-bond acceptors (Lipinski definition) is 10. The molecule has 3 aromatic carbocycles. The zero-order valence-corrected chi connectivity index (χ0v) is 36.6. The molecule has 2 saturated carbocycles. The number of amides is 3. The van der Waals surface area contributed by atoms with E-state index in [4.69, 9.17) is 23.9 Å². The summed E-state index contributed by atoms with van der Waals surface area (Å²) < 4.78 is 16.3. The molecule has 2 aliphatic heterocycles. The van der Waals surface area contributed by atoms with E-state index in [-0.39, 0.29) is 41.3 Å². The van der Waals surface area contributed by atoms with Crippen molar-refractivity contribution in [3.8, 4) is 22.4 Å². The fourth-order valence-corrected chi connectivity index (χ4v) is 10.8. The van der Waals surface area contributed by atoms with Gasteiger partial charge in [0.1, 0.15) is 35.1 Å². The molecule has 5 heterocycles.